The lowest BCUT2D eigenvalue weighted by atomic mass is 9.92. The van der Waals surface area contributed by atoms with E-state index in [1.165, 1.54) is 29.5 Å². The van der Waals surface area contributed by atoms with Crippen LogP contribution in [0.3, 0.4) is 0 Å². The Morgan fingerprint density at radius 1 is 1.28 bits per heavy atom. The molecule has 0 radical (unpaired) electrons. The highest BCUT2D eigenvalue weighted by atomic mass is 15.0. The van der Waals surface area contributed by atoms with Gasteiger partial charge in [-0.1, -0.05) is 13.0 Å². The molecule has 0 saturated carbocycles. The highest BCUT2D eigenvalue weighted by molar-refractivity contribution is 5.79. The molecule has 18 heavy (non-hydrogen) atoms. The Labute approximate surface area is 108 Å². The van der Waals surface area contributed by atoms with E-state index < -0.39 is 0 Å². The SMILES string of the molecule is Cc1cc(C)c2nc(C3NCCCC3C)[nH]c2c1. The predicted molar refractivity (Wildman–Crippen MR) is 74.7 cm³/mol. The molecule has 0 bridgehead atoms. The summed E-state index contributed by atoms with van der Waals surface area (Å²) in [6, 6.07) is 4.77. The van der Waals surface area contributed by atoms with E-state index in [-0.39, 0.29) is 0 Å². The highest BCUT2D eigenvalue weighted by Gasteiger charge is 2.25. The summed E-state index contributed by atoms with van der Waals surface area (Å²) in [5, 5.41) is 3.59. The molecule has 2 atom stereocenters. The van der Waals surface area contributed by atoms with Crippen molar-refractivity contribution in [2.24, 2.45) is 5.92 Å². The molecule has 1 aromatic carbocycles. The summed E-state index contributed by atoms with van der Waals surface area (Å²) >= 11 is 0. The molecule has 96 valence electrons. The van der Waals surface area contributed by atoms with Crippen molar-refractivity contribution in [3.05, 3.63) is 29.1 Å². The van der Waals surface area contributed by atoms with Crippen LogP contribution in [0.1, 0.15) is 42.8 Å². The topological polar surface area (TPSA) is 40.7 Å². The van der Waals surface area contributed by atoms with Crippen LogP contribution in [0.5, 0.6) is 0 Å². The van der Waals surface area contributed by atoms with E-state index in [9.17, 15) is 0 Å². The molecule has 1 saturated heterocycles. The van der Waals surface area contributed by atoms with E-state index in [1.54, 1.807) is 0 Å². The van der Waals surface area contributed by atoms with Gasteiger partial charge in [0.15, 0.2) is 0 Å². The van der Waals surface area contributed by atoms with Gasteiger partial charge in [0.05, 0.1) is 17.1 Å². The number of imidazole rings is 1. The van der Waals surface area contributed by atoms with Crippen molar-refractivity contribution in [1.29, 1.82) is 0 Å². The Balaban J connectivity index is 2.05. The lowest BCUT2D eigenvalue weighted by molar-refractivity contribution is 0.296. The minimum absolute atomic E-state index is 0.380. The number of piperidine rings is 1. The molecule has 2 aromatic rings. The van der Waals surface area contributed by atoms with Gasteiger partial charge >= 0.3 is 0 Å². The third-order valence-electron chi connectivity index (χ3n) is 4.00. The van der Waals surface area contributed by atoms with Crippen molar-refractivity contribution in [3.63, 3.8) is 0 Å². The van der Waals surface area contributed by atoms with Crippen LogP contribution in [0.4, 0.5) is 0 Å². The van der Waals surface area contributed by atoms with Crippen LogP contribution in [0.15, 0.2) is 12.1 Å². The molecule has 0 aliphatic carbocycles. The molecule has 3 rings (SSSR count). The zero-order valence-corrected chi connectivity index (χ0v) is 11.4. The third kappa shape index (κ3) is 1.93. The first-order valence-electron chi connectivity index (χ1n) is 6.85. The summed E-state index contributed by atoms with van der Waals surface area (Å²) in [4.78, 5) is 8.31. The van der Waals surface area contributed by atoms with Crippen LogP contribution >= 0.6 is 0 Å². The minimum Gasteiger partial charge on any atom is -0.341 e. The van der Waals surface area contributed by atoms with Gasteiger partial charge in [0.2, 0.25) is 0 Å². The maximum atomic E-state index is 4.81. The Kier molecular flexibility index (Phi) is 2.86. The van der Waals surface area contributed by atoms with Gasteiger partial charge in [-0.2, -0.15) is 0 Å². The Morgan fingerprint density at radius 3 is 2.89 bits per heavy atom. The van der Waals surface area contributed by atoms with Crippen LogP contribution in [-0.2, 0) is 0 Å². The smallest absolute Gasteiger partial charge is 0.124 e. The number of H-pyrrole nitrogens is 1. The summed E-state index contributed by atoms with van der Waals surface area (Å²) in [5.74, 6) is 1.76. The fraction of sp³-hybridized carbons (Fsp3) is 0.533. The van der Waals surface area contributed by atoms with Crippen molar-refractivity contribution >= 4 is 11.0 Å². The zero-order chi connectivity index (χ0) is 12.7. The summed E-state index contributed by atoms with van der Waals surface area (Å²) in [5.41, 5.74) is 4.84. The number of hydrogen-bond donors (Lipinski definition) is 2. The molecule has 1 aromatic heterocycles. The van der Waals surface area contributed by atoms with Gasteiger partial charge in [0.25, 0.3) is 0 Å². The van der Waals surface area contributed by atoms with Gasteiger partial charge in [0.1, 0.15) is 5.82 Å². The van der Waals surface area contributed by atoms with Crippen molar-refractivity contribution in [2.45, 2.75) is 39.7 Å². The quantitative estimate of drug-likeness (QED) is 0.807. The summed E-state index contributed by atoms with van der Waals surface area (Å²) in [7, 11) is 0. The van der Waals surface area contributed by atoms with E-state index >= 15 is 0 Å². The first-order chi connectivity index (χ1) is 8.65. The molecule has 1 aliphatic rings. The molecule has 0 spiro atoms. The standard InChI is InChI=1S/C15H21N3/c1-9-7-11(3)13-12(8-9)17-15(18-13)14-10(2)5-4-6-16-14/h7-8,10,14,16H,4-6H2,1-3H3,(H,17,18). The minimum atomic E-state index is 0.380. The van der Waals surface area contributed by atoms with Gasteiger partial charge in [-0.25, -0.2) is 4.98 Å². The number of hydrogen-bond acceptors (Lipinski definition) is 2. The molecular formula is C15H21N3. The fourth-order valence-electron chi connectivity index (χ4n) is 3.05. The van der Waals surface area contributed by atoms with Crippen LogP contribution in [0.2, 0.25) is 0 Å². The lowest BCUT2D eigenvalue weighted by Crippen LogP contribution is -2.33. The number of aromatic amines is 1. The van der Waals surface area contributed by atoms with Crippen LogP contribution in [0.25, 0.3) is 11.0 Å². The number of nitrogens with zero attached hydrogens (tertiary/aromatic N) is 1. The van der Waals surface area contributed by atoms with Crippen LogP contribution in [-0.4, -0.2) is 16.5 Å². The zero-order valence-electron chi connectivity index (χ0n) is 11.4. The average Bonchev–Trinajstić information content (AvgIpc) is 2.73. The molecule has 0 amide bonds. The summed E-state index contributed by atoms with van der Waals surface area (Å²) in [6.07, 6.45) is 2.56. The number of aryl methyl sites for hydroxylation is 2. The van der Waals surface area contributed by atoms with E-state index in [2.05, 4.69) is 43.2 Å². The van der Waals surface area contributed by atoms with Crippen LogP contribution in [0, 0.1) is 19.8 Å². The monoisotopic (exact) mass is 243 g/mol. The van der Waals surface area contributed by atoms with Gasteiger partial charge in [-0.15, -0.1) is 0 Å². The molecule has 2 heterocycles. The molecule has 1 aliphatic heterocycles. The first-order valence-corrected chi connectivity index (χ1v) is 6.85. The van der Waals surface area contributed by atoms with E-state index in [1.807, 2.05) is 0 Å². The van der Waals surface area contributed by atoms with E-state index in [4.69, 9.17) is 4.98 Å². The number of rotatable bonds is 1. The summed E-state index contributed by atoms with van der Waals surface area (Å²) in [6.45, 7) is 7.68. The lowest BCUT2D eigenvalue weighted by Gasteiger charge is -2.28. The largest absolute Gasteiger partial charge is 0.341 e. The van der Waals surface area contributed by atoms with E-state index in [0.29, 0.717) is 12.0 Å². The normalized spacial score (nSPS) is 24.6. The Morgan fingerprint density at radius 2 is 2.11 bits per heavy atom. The third-order valence-corrected chi connectivity index (χ3v) is 4.00. The van der Waals surface area contributed by atoms with Gasteiger partial charge < -0.3 is 10.3 Å². The summed E-state index contributed by atoms with van der Waals surface area (Å²) < 4.78 is 0. The number of benzene rings is 1. The first kappa shape index (κ1) is 11.7. The van der Waals surface area contributed by atoms with Crippen molar-refractivity contribution < 1.29 is 0 Å². The maximum absolute atomic E-state index is 4.81. The Bertz CT molecular complexity index is 570. The second kappa shape index (κ2) is 4.39. The number of nitrogens with one attached hydrogen (secondary N) is 2. The Hall–Kier alpha value is -1.35. The van der Waals surface area contributed by atoms with Crippen molar-refractivity contribution in [2.75, 3.05) is 6.54 Å². The van der Waals surface area contributed by atoms with Crippen molar-refractivity contribution in [3.8, 4) is 0 Å². The van der Waals surface area contributed by atoms with Gasteiger partial charge in [-0.05, 0) is 56.3 Å². The van der Waals surface area contributed by atoms with Crippen molar-refractivity contribution in [1.82, 2.24) is 15.3 Å². The van der Waals surface area contributed by atoms with Crippen LogP contribution < -0.4 is 5.32 Å². The molecule has 3 heteroatoms. The van der Waals surface area contributed by atoms with E-state index in [0.717, 1.165) is 17.9 Å². The number of aromatic nitrogens is 2. The molecule has 2 unspecified atom stereocenters. The second-order valence-corrected chi connectivity index (χ2v) is 5.65. The molecule has 3 nitrogen and oxygen atoms in total. The molecular weight excluding hydrogens is 222 g/mol. The van der Waals surface area contributed by atoms with Gasteiger partial charge in [-0.3, -0.25) is 0 Å². The molecule has 1 fully saturated rings. The molecule has 2 N–H and O–H groups in total. The second-order valence-electron chi connectivity index (χ2n) is 5.65. The fourth-order valence-corrected chi connectivity index (χ4v) is 3.05. The average molecular weight is 243 g/mol. The number of fused-ring (bicyclic) bond motifs is 1. The maximum Gasteiger partial charge on any atom is 0.124 e. The highest BCUT2D eigenvalue weighted by Crippen LogP contribution is 2.29. The van der Waals surface area contributed by atoms with Gasteiger partial charge in [0, 0.05) is 0 Å². The predicted octanol–water partition coefficient (Wildman–Crippen LogP) is 3.24.